The molecule has 3 aromatic rings. The maximum atomic E-state index is 13.2. The Morgan fingerprint density at radius 3 is 2.39 bits per heavy atom. The van der Waals surface area contributed by atoms with Gasteiger partial charge in [0.25, 0.3) is 10.1 Å². The van der Waals surface area contributed by atoms with Gasteiger partial charge in [-0.05, 0) is 18.2 Å². The summed E-state index contributed by atoms with van der Waals surface area (Å²) >= 11 is 0. The van der Waals surface area contributed by atoms with Crippen molar-refractivity contribution in [3.05, 3.63) is 36.4 Å². The van der Waals surface area contributed by atoms with Gasteiger partial charge in [-0.3, -0.25) is 14.2 Å². The van der Waals surface area contributed by atoms with Gasteiger partial charge in [0, 0.05) is 37.6 Å². The molecule has 2 aliphatic heterocycles. The van der Waals surface area contributed by atoms with Crippen molar-refractivity contribution in [3.63, 3.8) is 0 Å². The molecule has 1 saturated heterocycles. The number of Topliss-reactive ketones (excluding diaryl/α,β-unsaturated/α-hetero) is 1. The first kappa shape index (κ1) is 25.8. The van der Waals surface area contributed by atoms with Crippen LogP contribution in [0.25, 0.3) is 10.9 Å². The summed E-state index contributed by atoms with van der Waals surface area (Å²) in [7, 11) is -1.74. The minimum absolute atomic E-state index is 0.133. The molecule has 13 nitrogen and oxygen atoms in total. The van der Waals surface area contributed by atoms with Crippen LogP contribution in [-0.4, -0.2) is 92.1 Å². The van der Waals surface area contributed by atoms with Crippen LogP contribution in [-0.2, 0) is 14.9 Å². The fourth-order valence-corrected chi connectivity index (χ4v) is 5.63. The molecule has 14 heteroatoms. The summed E-state index contributed by atoms with van der Waals surface area (Å²) in [5.74, 6) is 1.55. The first-order chi connectivity index (χ1) is 18.2. The molecule has 202 valence electrons. The van der Waals surface area contributed by atoms with E-state index in [-0.39, 0.29) is 38.6 Å². The summed E-state index contributed by atoms with van der Waals surface area (Å²) < 4.78 is 56.6. The molecular weight excluding hydrogens is 518 g/mol. The van der Waals surface area contributed by atoms with Crippen LogP contribution >= 0.6 is 0 Å². The second kappa shape index (κ2) is 10.1. The number of rotatable bonds is 7. The van der Waals surface area contributed by atoms with Gasteiger partial charge in [0.05, 0.1) is 19.7 Å². The number of methoxy groups -OCH3 is 2. The minimum Gasteiger partial charge on any atom is -0.493 e. The van der Waals surface area contributed by atoms with Crippen LogP contribution in [0.3, 0.4) is 0 Å². The lowest BCUT2D eigenvalue weighted by molar-refractivity contribution is -0.131. The Morgan fingerprint density at radius 2 is 1.74 bits per heavy atom. The molecule has 1 aromatic heterocycles. The zero-order valence-electron chi connectivity index (χ0n) is 20.7. The summed E-state index contributed by atoms with van der Waals surface area (Å²) in [5, 5.41) is -1.21. The summed E-state index contributed by atoms with van der Waals surface area (Å²) in [6.07, 6.45) is -1.19. The fraction of sp³-hybridized carbons (Fsp3) is 0.375. The molecule has 2 atom stereocenters. The van der Waals surface area contributed by atoms with E-state index in [1.54, 1.807) is 36.4 Å². The number of anilines is 2. The van der Waals surface area contributed by atoms with Crippen LogP contribution in [0, 0.1) is 0 Å². The van der Waals surface area contributed by atoms with Crippen molar-refractivity contribution in [1.29, 1.82) is 0 Å². The normalized spacial score (nSPS) is 18.7. The average molecular weight is 546 g/mol. The van der Waals surface area contributed by atoms with Crippen molar-refractivity contribution in [3.8, 4) is 23.0 Å². The first-order valence-corrected chi connectivity index (χ1v) is 13.3. The van der Waals surface area contributed by atoms with Crippen LogP contribution < -0.4 is 29.6 Å². The number of para-hydroxylation sites is 2. The monoisotopic (exact) mass is 545 g/mol. The molecule has 3 heterocycles. The third-order valence-electron chi connectivity index (χ3n) is 6.50. The van der Waals surface area contributed by atoms with E-state index in [2.05, 4.69) is 9.97 Å². The summed E-state index contributed by atoms with van der Waals surface area (Å²) in [6, 6.07) is 10.2. The molecule has 0 amide bonds. The lowest BCUT2D eigenvalue weighted by Gasteiger charge is -2.38. The SMILES string of the molecule is COc1cc2nc(N3CCN(C(C(=O)C4COc5ccccc5O4)S(=O)(=O)O)CC3)nc(N)c2cc1OC. The van der Waals surface area contributed by atoms with E-state index in [0.717, 1.165) is 0 Å². The molecule has 0 saturated carbocycles. The smallest absolute Gasteiger partial charge is 0.288 e. The van der Waals surface area contributed by atoms with Gasteiger partial charge in [-0.25, -0.2) is 4.98 Å². The summed E-state index contributed by atoms with van der Waals surface area (Å²) in [5.41, 5.74) is 6.75. The van der Waals surface area contributed by atoms with Crippen molar-refractivity contribution in [2.45, 2.75) is 11.5 Å². The van der Waals surface area contributed by atoms with Crippen LogP contribution in [0.2, 0.25) is 0 Å². The standard InChI is InChI=1S/C24H27N5O8S/c1-34-18-11-14-15(12-19(18)35-2)26-24(27-22(14)25)29-9-7-28(8-10-29)23(38(31,32)33)21(30)20-13-36-16-5-3-4-6-17(16)37-20/h3-6,11-12,20,23H,7-10,13H2,1-2H3,(H2,25,26,27)(H,31,32,33). The molecule has 38 heavy (non-hydrogen) atoms. The Bertz CT molecular complexity index is 1480. The molecule has 3 N–H and O–H groups in total. The van der Waals surface area contributed by atoms with Crippen LogP contribution in [0.4, 0.5) is 11.8 Å². The Hall–Kier alpha value is -3.88. The second-order valence-electron chi connectivity index (χ2n) is 8.79. The Kier molecular flexibility index (Phi) is 6.86. The lowest BCUT2D eigenvalue weighted by Crippen LogP contribution is -2.58. The molecule has 0 bridgehead atoms. The predicted octanol–water partition coefficient (Wildman–Crippen LogP) is 0.974. The van der Waals surface area contributed by atoms with Gasteiger partial charge >= 0.3 is 0 Å². The Balaban J connectivity index is 1.34. The Labute approximate surface area is 218 Å². The number of fused-ring (bicyclic) bond motifs is 2. The highest BCUT2D eigenvalue weighted by Gasteiger charge is 2.44. The van der Waals surface area contributed by atoms with E-state index in [1.165, 1.54) is 19.1 Å². The van der Waals surface area contributed by atoms with E-state index >= 15 is 0 Å². The van der Waals surface area contributed by atoms with Crippen molar-refractivity contribution < 1.29 is 36.7 Å². The van der Waals surface area contributed by atoms with Crippen LogP contribution in [0.15, 0.2) is 36.4 Å². The number of piperazine rings is 1. The highest BCUT2D eigenvalue weighted by Crippen LogP contribution is 2.35. The van der Waals surface area contributed by atoms with Crippen molar-refractivity contribution >= 4 is 38.6 Å². The number of nitrogens with zero attached hydrogens (tertiary/aromatic N) is 4. The third-order valence-corrected chi connectivity index (χ3v) is 7.59. The molecule has 0 spiro atoms. The zero-order chi connectivity index (χ0) is 27.0. The number of hydrogen-bond donors (Lipinski definition) is 2. The molecule has 2 aliphatic rings. The largest absolute Gasteiger partial charge is 0.493 e. The molecule has 1 fully saturated rings. The molecule has 2 aromatic carbocycles. The van der Waals surface area contributed by atoms with Crippen LogP contribution in [0.5, 0.6) is 23.0 Å². The van der Waals surface area contributed by atoms with Gasteiger partial charge in [-0.2, -0.15) is 13.4 Å². The topological polar surface area (TPSA) is 167 Å². The lowest BCUT2D eigenvalue weighted by atomic mass is 10.1. The third kappa shape index (κ3) is 4.85. The van der Waals surface area contributed by atoms with Gasteiger partial charge in [0.2, 0.25) is 17.1 Å². The maximum Gasteiger partial charge on any atom is 0.288 e. The maximum absolute atomic E-state index is 13.2. The number of ketones is 1. The summed E-state index contributed by atoms with van der Waals surface area (Å²) in [6.45, 7) is 0.659. The highest BCUT2D eigenvalue weighted by atomic mass is 32.2. The molecule has 0 aliphatic carbocycles. The second-order valence-corrected chi connectivity index (χ2v) is 10.3. The fourth-order valence-electron chi connectivity index (χ4n) is 4.60. The zero-order valence-corrected chi connectivity index (χ0v) is 21.6. The van der Waals surface area contributed by atoms with E-state index < -0.39 is 27.4 Å². The number of aromatic nitrogens is 2. The number of nitrogen functional groups attached to an aromatic ring is 1. The van der Waals surface area contributed by atoms with Gasteiger partial charge in [-0.1, -0.05) is 12.1 Å². The van der Waals surface area contributed by atoms with Gasteiger partial charge in [0.1, 0.15) is 12.4 Å². The van der Waals surface area contributed by atoms with E-state index in [1.807, 2.05) is 4.90 Å². The number of benzene rings is 2. The van der Waals surface area contributed by atoms with E-state index in [4.69, 9.17) is 24.7 Å². The van der Waals surface area contributed by atoms with E-state index in [0.29, 0.717) is 39.8 Å². The van der Waals surface area contributed by atoms with Crippen molar-refractivity contribution in [2.75, 3.05) is 57.6 Å². The summed E-state index contributed by atoms with van der Waals surface area (Å²) in [4.78, 5) is 25.5. The number of nitrogens with two attached hydrogens (primary N) is 1. The number of carbonyl (C=O) groups is 1. The molecule has 5 rings (SSSR count). The molecule has 0 radical (unpaired) electrons. The van der Waals surface area contributed by atoms with Gasteiger partial charge in [-0.15, -0.1) is 0 Å². The molecule has 2 unspecified atom stereocenters. The van der Waals surface area contributed by atoms with Crippen molar-refractivity contribution in [1.82, 2.24) is 14.9 Å². The average Bonchev–Trinajstić information content (AvgIpc) is 2.91. The molecular formula is C24H27N5O8S. The Morgan fingerprint density at radius 1 is 1.08 bits per heavy atom. The number of hydrogen-bond acceptors (Lipinski definition) is 12. The van der Waals surface area contributed by atoms with Gasteiger partial charge in [0.15, 0.2) is 29.1 Å². The van der Waals surface area contributed by atoms with Gasteiger partial charge < -0.3 is 29.6 Å². The number of carbonyl (C=O) groups excluding carboxylic acids is 1. The first-order valence-electron chi connectivity index (χ1n) is 11.8. The van der Waals surface area contributed by atoms with Crippen LogP contribution in [0.1, 0.15) is 0 Å². The van der Waals surface area contributed by atoms with E-state index in [9.17, 15) is 17.8 Å². The highest BCUT2D eigenvalue weighted by molar-refractivity contribution is 7.87. The quantitative estimate of drug-likeness (QED) is 0.404. The van der Waals surface area contributed by atoms with Crippen molar-refractivity contribution in [2.24, 2.45) is 0 Å². The predicted molar refractivity (Wildman–Crippen MR) is 138 cm³/mol. The number of ether oxygens (including phenoxy) is 4. The minimum atomic E-state index is -4.78.